The molecule has 4 aromatic carbocycles. The van der Waals surface area contributed by atoms with Crippen LogP contribution in [0.2, 0.25) is 0 Å². The van der Waals surface area contributed by atoms with Gasteiger partial charge in [-0.05, 0) is 164 Å². The number of piperazine rings is 1. The smallest absolute Gasteiger partial charge is 0.358 e. The molecule has 0 radical (unpaired) electrons. The van der Waals surface area contributed by atoms with Gasteiger partial charge in [-0.2, -0.15) is 5.10 Å². The topological polar surface area (TPSA) is 164 Å². The first-order chi connectivity index (χ1) is 37.5. The Bertz CT molecular complexity index is 3400. The zero-order chi connectivity index (χ0) is 54.5. The normalized spacial score (nSPS) is 19.4. The number of piperidine rings is 1. The molecule has 3 aromatic heterocycles. The number of anilines is 3. The Labute approximate surface area is 460 Å². The third-order valence-corrected chi connectivity index (χ3v) is 17.5. The van der Waals surface area contributed by atoms with E-state index in [0.29, 0.717) is 60.3 Å². The van der Waals surface area contributed by atoms with Gasteiger partial charge in [0, 0.05) is 74.8 Å². The molecule has 406 valence electrons. The Morgan fingerprint density at radius 2 is 1.56 bits per heavy atom. The van der Waals surface area contributed by atoms with E-state index in [9.17, 15) is 19.2 Å². The van der Waals surface area contributed by atoms with Crippen LogP contribution in [0.25, 0.3) is 32.2 Å². The van der Waals surface area contributed by atoms with Crippen LogP contribution < -0.4 is 25.2 Å². The number of nitrogens with zero attached hydrogens (tertiary/aromatic N) is 7. The van der Waals surface area contributed by atoms with Crippen LogP contribution in [0.4, 0.5) is 16.6 Å². The number of amides is 3. The number of hydrogen-bond acceptors (Lipinski definition) is 13. The number of para-hydroxylation sites is 2. The molecule has 1 saturated carbocycles. The number of aryl methyl sites for hydroxylation is 1. The van der Waals surface area contributed by atoms with Gasteiger partial charge in [-0.15, -0.1) is 0 Å². The molecule has 2 N–H and O–H groups in total. The van der Waals surface area contributed by atoms with Crippen molar-refractivity contribution in [2.75, 3.05) is 47.8 Å². The molecule has 7 aromatic rings. The Kier molecular flexibility index (Phi) is 14.6. The highest BCUT2D eigenvalue weighted by Gasteiger charge is 2.36. The monoisotopic (exact) mass is 1070 g/mol. The molecule has 2 saturated heterocycles. The van der Waals surface area contributed by atoms with Gasteiger partial charge >= 0.3 is 5.97 Å². The van der Waals surface area contributed by atoms with Gasteiger partial charge in [-0.1, -0.05) is 59.9 Å². The van der Waals surface area contributed by atoms with Crippen LogP contribution >= 0.6 is 11.3 Å². The Morgan fingerprint density at radius 3 is 2.33 bits per heavy atom. The molecule has 78 heavy (non-hydrogen) atoms. The molecule has 4 aliphatic rings. The van der Waals surface area contributed by atoms with E-state index >= 15 is 0 Å². The van der Waals surface area contributed by atoms with Crippen LogP contribution in [0.15, 0.2) is 91.0 Å². The van der Waals surface area contributed by atoms with Crippen LogP contribution in [0, 0.1) is 12.8 Å². The quantitative estimate of drug-likeness (QED) is 0.0831. The predicted molar refractivity (Wildman–Crippen MR) is 308 cm³/mol. The van der Waals surface area contributed by atoms with Gasteiger partial charge in [-0.25, -0.2) is 14.8 Å². The van der Waals surface area contributed by atoms with Crippen molar-refractivity contribution in [1.29, 1.82) is 0 Å². The van der Waals surface area contributed by atoms with Crippen molar-refractivity contribution in [3.05, 3.63) is 125 Å². The highest BCUT2D eigenvalue weighted by molar-refractivity contribution is 7.22. The number of aromatic nitrogens is 4. The average Bonchev–Trinajstić information content (AvgIpc) is 4.08. The molecule has 1 aliphatic carbocycles. The summed E-state index contributed by atoms with van der Waals surface area (Å²) in [5, 5.41) is 11.9. The molecule has 15 nitrogen and oxygen atoms in total. The Hall–Kier alpha value is -7.17. The second-order valence-corrected chi connectivity index (χ2v) is 24.4. The summed E-state index contributed by atoms with van der Waals surface area (Å²) in [6.07, 6.45) is 8.13. The van der Waals surface area contributed by atoms with E-state index in [2.05, 4.69) is 75.4 Å². The molecule has 11 rings (SSSR count). The molecule has 0 bridgehead atoms. The van der Waals surface area contributed by atoms with E-state index < -0.39 is 17.5 Å². The summed E-state index contributed by atoms with van der Waals surface area (Å²) in [7, 11) is 1.95. The molecular formula is C62H71N9O6S. The van der Waals surface area contributed by atoms with E-state index in [1.54, 1.807) is 0 Å². The van der Waals surface area contributed by atoms with E-state index in [0.717, 1.165) is 119 Å². The standard InChI is InChI=1S/C62H71N9O6S/c1-38-42(43-25-27-52(64-55(43)59(75)77-61(2,3)4)70-32-30-40-13-10-15-44(47(40)37-70)57(73)66-60-63-48-17-8-9-20-51(48)78-60)14-12-19-50(38)76-41-23-21-39(22-24-41)29-31-62(5,6)71-35-33-69(34-36-71)49-18-11-16-45-54(67-68(7)56(45)49)46-26-28-53(72)65-58(46)74/h8-20,25,27,39,41,46H,21-24,26,28-37H2,1-7H3,(H,63,66,73)(H,65,72,74). The fraction of sp³-hybridized carbons (Fsp3) is 0.435. The van der Waals surface area contributed by atoms with Crippen molar-refractivity contribution in [2.45, 2.75) is 129 Å². The second kappa shape index (κ2) is 21.6. The van der Waals surface area contributed by atoms with E-state index in [4.69, 9.17) is 19.6 Å². The lowest BCUT2D eigenvalue weighted by atomic mass is 9.81. The highest BCUT2D eigenvalue weighted by Crippen LogP contribution is 2.40. The maximum Gasteiger partial charge on any atom is 0.358 e. The largest absolute Gasteiger partial charge is 0.490 e. The minimum atomic E-state index is -0.738. The number of carbonyl (C=O) groups is 4. The average molecular weight is 1070 g/mol. The van der Waals surface area contributed by atoms with Crippen molar-refractivity contribution in [2.24, 2.45) is 13.0 Å². The van der Waals surface area contributed by atoms with E-state index in [1.807, 2.05) is 99.2 Å². The summed E-state index contributed by atoms with van der Waals surface area (Å²) in [6, 6.07) is 30.0. The lowest BCUT2D eigenvalue weighted by molar-refractivity contribution is -0.134. The predicted octanol–water partition coefficient (Wildman–Crippen LogP) is 11.2. The summed E-state index contributed by atoms with van der Waals surface area (Å²) in [6.45, 7) is 17.3. The number of nitrogens with one attached hydrogen (secondary N) is 2. The number of ether oxygens (including phenoxy) is 2. The van der Waals surface area contributed by atoms with Crippen LogP contribution in [0.5, 0.6) is 5.75 Å². The van der Waals surface area contributed by atoms with Gasteiger partial charge < -0.3 is 19.3 Å². The zero-order valence-corrected chi connectivity index (χ0v) is 46.8. The van der Waals surface area contributed by atoms with Crippen molar-refractivity contribution in [1.82, 2.24) is 30.0 Å². The molecule has 1 atom stereocenters. The van der Waals surface area contributed by atoms with Crippen molar-refractivity contribution in [3.63, 3.8) is 0 Å². The first-order valence-electron chi connectivity index (χ1n) is 27.8. The first kappa shape index (κ1) is 52.9. The van der Waals surface area contributed by atoms with Gasteiger partial charge in [0.1, 0.15) is 17.2 Å². The van der Waals surface area contributed by atoms with Gasteiger partial charge in [0.25, 0.3) is 5.91 Å². The summed E-state index contributed by atoms with van der Waals surface area (Å²) in [5.74, 6) is 0.485. The molecule has 6 heterocycles. The number of esters is 1. The SMILES string of the molecule is Cc1c(OC2CCC(CCC(C)(C)N3CCN(c4cccc5c(C6CCC(=O)NC6=O)nn(C)c45)CC3)CC2)cccc1-c1ccc(N2CCc3cccc(C(=O)Nc4nc5ccccc5s4)c3C2)nc1C(=O)OC(C)(C)C. The molecule has 1 unspecified atom stereocenters. The number of rotatable bonds is 13. The number of fused-ring (bicyclic) bond motifs is 3. The minimum Gasteiger partial charge on any atom is -0.490 e. The number of carbonyl (C=O) groups excluding carboxylic acids is 4. The lowest BCUT2D eigenvalue weighted by Gasteiger charge is -2.45. The number of thiazole rings is 1. The molecule has 0 spiro atoms. The van der Waals surface area contributed by atoms with Gasteiger partial charge in [0.05, 0.1) is 39.1 Å². The first-order valence-corrected chi connectivity index (χ1v) is 28.6. The van der Waals surface area contributed by atoms with Crippen molar-refractivity contribution in [3.8, 4) is 16.9 Å². The second-order valence-electron chi connectivity index (χ2n) is 23.3. The molecular weight excluding hydrogens is 999 g/mol. The van der Waals surface area contributed by atoms with E-state index in [-0.39, 0.29) is 35.1 Å². The van der Waals surface area contributed by atoms with Crippen molar-refractivity contribution >= 4 is 72.8 Å². The van der Waals surface area contributed by atoms with Crippen molar-refractivity contribution < 1.29 is 28.7 Å². The number of hydrogen-bond donors (Lipinski definition) is 2. The fourth-order valence-corrected chi connectivity index (χ4v) is 13.1. The third kappa shape index (κ3) is 11.0. The number of benzene rings is 4. The Balaban J connectivity index is 0.716. The third-order valence-electron chi connectivity index (χ3n) is 16.6. The maximum absolute atomic E-state index is 14.2. The zero-order valence-electron chi connectivity index (χ0n) is 46.0. The lowest BCUT2D eigenvalue weighted by Crippen LogP contribution is -2.54. The highest BCUT2D eigenvalue weighted by atomic mass is 32.1. The Morgan fingerprint density at radius 1 is 0.795 bits per heavy atom. The summed E-state index contributed by atoms with van der Waals surface area (Å²) in [4.78, 5) is 69.7. The summed E-state index contributed by atoms with van der Waals surface area (Å²) < 4.78 is 15.8. The van der Waals surface area contributed by atoms with Crippen LogP contribution in [-0.4, -0.2) is 98.3 Å². The van der Waals surface area contributed by atoms with Crippen LogP contribution in [0.1, 0.15) is 135 Å². The number of imide groups is 1. The molecule has 3 fully saturated rings. The van der Waals surface area contributed by atoms with Gasteiger partial charge in [0.15, 0.2) is 10.8 Å². The van der Waals surface area contributed by atoms with E-state index in [1.165, 1.54) is 17.8 Å². The summed E-state index contributed by atoms with van der Waals surface area (Å²) in [5.41, 5.74) is 8.46. The van der Waals surface area contributed by atoms with Crippen LogP contribution in [0.3, 0.4) is 0 Å². The van der Waals surface area contributed by atoms with Gasteiger partial charge in [0.2, 0.25) is 11.8 Å². The molecule has 16 heteroatoms. The van der Waals surface area contributed by atoms with Crippen LogP contribution in [-0.2, 0) is 34.3 Å². The molecule has 3 aliphatic heterocycles. The molecule has 3 amide bonds. The fourth-order valence-electron chi connectivity index (χ4n) is 12.2. The number of pyridine rings is 1. The minimum absolute atomic E-state index is 0.0549. The maximum atomic E-state index is 14.2. The van der Waals surface area contributed by atoms with Gasteiger partial charge in [-0.3, -0.25) is 34.6 Å². The summed E-state index contributed by atoms with van der Waals surface area (Å²) >= 11 is 1.45.